The molecule has 1 aliphatic rings. The number of aliphatic hydroxyl groups is 1. The predicted octanol–water partition coefficient (Wildman–Crippen LogP) is 5.91. The molecular formula is C16H40O. The molecule has 0 bridgehead atoms. The molecule has 0 aromatic heterocycles. The van der Waals surface area contributed by atoms with Gasteiger partial charge in [-0.15, -0.1) is 0 Å². The van der Waals surface area contributed by atoms with Gasteiger partial charge < -0.3 is 5.11 Å². The Morgan fingerprint density at radius 1 is 0.765 bits per heavy atom. The van der Waals surface area contributed by atoms with E-state index in [1.54, 1.807) is 0 Å². The number of hydrogen-bond acceptors (Lipinski definition) is 1. The fourth-order valence-corrected chi connectivity index (χ4v) is 1.31. The van der Waals surface area contributed by atoms with Crippen LogP contribution in [0.3, 0.4) is 0 Å². The Balaban J connectivity index is -0.0000000735. The Bertz CT molecular complexity index is 70.8. The molecule has 1 N–H and O–H groups in total. The Morgan fingerprint density at radius 2 is 1.00 bits per heavy atom. The summed E-state index contributed by atoms with van der Waals surface area (Å²) in [6.07, 6.45) is 7.44. The smallest absolute Gasteiger partial charge is 0.0319 e. The summed E-state index contributed by atoms with van der Waals surface area (Å²) >= 11 is 0. The highest BCUT2D eigenvalue weighted by Crippen LogP contribution is 2.22. The molecule has 1 aliphatic carbocycles. The maximum absolute atomic E-state index is 7.00. The molecule has 1 fully saturated rings. The van der Waals surface area contributed by atoms with Crippen LogP contribution in [-0.4, -0.2) is 12.2 Å². The molecule has 17 heavy (non-hydrogen) atoms. The Morgan fingerprint density at radius 3 is 1.12 bits per heavy atom. The summed E-state index contributed by atoms with van der Waals surface area (Å²) in [7, 11) is 1.00. The van der Waals surface area contributed by atoms with Crippen LogP contribution < -0.4 is 0 Å². The first kappa shape index (κ1) is 25.7. The van der Waals surface area contributed by atoms with Gasteiger partial charge in [0.1, 0.15) is 0 Å². The van der Waals surface area contributed by atoms with Crippen molar-refractivity contribution >= 4 is 0 Å². The van der Waals surface area contributed by atoms with Gasteiger partial charge in [0.25, 0.3) is 0 Å². The van der Waals surface area contributed by atoms with Gasteiger partial charge in [0, 0.05) is 7.11 Å². The molecule has 110 valence electrons. The molecule has 0 saturated heterocycles. The van der Waals surface area contributed by atoms with Crippen LogP contribution in [-0.2, 0) is 0 Å². The second-order valence-electron chi connectivity index (χ2n) is 4.48. The first-order valence-electron chi connectivity index (χ1n) is 7.57. The van der Waals surface area contributed by atoms with Crippen molar-refractivity contribution in [1.82, 2.24) is 0 Å². The zero-order chi connectivity index (χ0) is 14.7. The van der Waals surface area contributed by atoms with Crippen molar-refractivity contribution in [2.75, 3.05) is 7.11 Å². The van der Waals surface area contributed by atoms with Crippen molar-refractivity contribution < 1.29 is 5.11 Å². The van der Waals surface area contributed by atoms with E-state index in [9.17, 15) is 0 Å². The average molecular weight is 248 g/mol. The van der Waals surface area contributed by atoms with Gasteiger partial charge in [-0.1, -0.05) is 87.5 Å². The lowest BCUT2D eigenvalue weighted by molar-refractivity contribution is 0.385. The second-order valence-corrected chi connectivity index (χ2v) is 4.48. The summed E-state index contributed by atoms with van der Waals surface area (Å²) in [5.74, 6) is 1.87. The van der Waals surface area contributed by atoms with E-state index in [0.29, 0.717) is 0 Å². The summed E-state index contributed by atoms with van der Waals surface area (Å²) in [6, 6.07) is 0. The van der Waals surface area contributed by atoms with Crippen LogP contribution in [0, 0.1) is 11.8 Å². The largest absolute Gasteiger partial charge is 0.400 e. The first-order valence-corrected chi connectivity index (χ1v) is 7.57. The minimum absolute atomic E-state index is 0.833. The summed E-state index contributed by atoms with van der Waals surface area (Å²) in [4.78, 5) is 0. The van der Waals surface area contributed by atoms with E-state index in [2.05, 4.69) is 27.7 Å². The SMILES string of the molecule is CC.CC.CC(C)C.CC1CCCCC1.CO. The quantitative estimate of drug-likeness (QED) is 0.565. The van der Waals surface area contributed by atoms with Gasteiger partial charge in [0.2, 0.25) is 0 Å². The van der Waals surface area contributed by atoms with Gasteiger partial charge in [0.05, 0.1) is 0 Å². The van der Waals surface area contributed by atoms with Crippen molar-refractivity contribution in [3.05, 3.63) is 0 Å². The molecule has 0 heterocycles. The lowest BCUT2D eigenvalue weighted by Gasteiger charge is -2.15. The van der Waals surface area contributed by atoms with Gasteiger partial charge in [-0.05, 0) is 11.8 Å². The molecule has 0 aromatic carbocycles. The van der Waals surface area contributed by atoms with Crippen molar-refractivity contribution in [3.8, 4) is 0 Å². The van der Waals surface area contributed by atoms with E-state index in [4.69, 9.17) is 5.11 Å². The molecule has 0 radical (unpaired) electrons. The third-order valence-corrected chi connectivity index (χ3v) is 1.89. The maximum Gasteiger partial charge on any atom is 0.0319 e. The third-order valence-electron chi connectivity index (χ3n) is 1.89. The van der Waals surface area contributed by atoms with Gasteiger partial charge in [-0.3, -0.25) is 0 Å². The Hall–Kier alpha value is -0.0400. The molecule has 1 saturated carbocycles. The molecule has 0 spiro atoms. The van der Waals surface area contributed by atoms with Crippen molar-refractivity contribution in [2.24, 2.45) is 11.8 Å². The van der Waals surface area contributed by atoms with E-state index in [1.165, 1.54) is 32.1 Å². The van der Waals surface area contributed by atoms with Crippen molar-refractivity contribution in [1.29, 1.82) is 0 Å². The maximum atomic E-state index is 7.00. The standard InChI is InChI=1S/C7H14.C4H10.2C2H6.CH4O/c1-7-5-3-2-4-6-7;1-4(2)3;3*1-2/h7H,2-6H2,1H3;4H,1-3H3;2*1-2H3;2H,1H3. The van der Waals surface area contributed by atoms with E-state index in [0.717, 1.165) is 18.9 Å². The highest BCUT2D eigenvalue weighted by atomic mass is 16.2. The predicted molar refractivity (Wildman–Crippen MR) is 83.6 cm³/mol. The van der Waals surface area contributed by atoms with E-state index in [1.807, 2.05) is 27.7 Å². The van der Waals surface area contributed by atoms with Crippen molar-refractivity contribution in [2.45, 2.75) is 87.5 Å². The summed E-state index contributed by atoms with van der Waals surface area (Å²) in [5.41, 5.74) is 0. The molecule has 0 aliphatic heterocycles. The summed E-state index contributed by atoms with van der Waals surface area (Å²) in [5, 5.41) is 7.00. The molecule has 0 atom stereocenters. The fraction of sp³-hybridized carbons (Fsp3) is 1.00. The number of aliphatic hydroxyl groups excluding tert-OH is 1. The molecule has 1 heteroatoms. The molecular weight excluding hydrogens is 208 g/mol. The molecule has 0 unspecified atom stereocenters. The van der Waals surface area contributed by atoms with Crippen LogP contribution in [0.1, 0.15) is 87.5 Å². The molecule has 0 aromatic rings. The van der Waals surface area contributed by atoms with Crippen LogP contribution in [0.4, 0.5) is 0 Å². The zero-order valence-corrected chi connectivity index (χ0v) is 14.1. The normalized spacial score (nSPS) is 13.6. The van der Waals surface area contributed by atoms with Crippen LogP contribution in [0.5, 0.6) is 0 Å². The Labute approximate surface area is 112 Å². The first-order chi connectivity index (χ1) is 8.13. The van der Waals surface area contributed by atoms with Crippen LogP contribution in [0.15, 0.2) is 0 Å². The highest BCUT2D eigenvalue weighted by molar-refractivity contribution is 4.59. The van der Waals surface area contributed by atoms with Gasteiger partial charge >= 0.3 is 0 Å². The van der Waals surface area contributed by atoms with Crippen LogP contribution in [0.25, 0.3) is 0 Å². The molecule has 0 amide bonds. The average Bonchev–Trinajstić information content (AvgIpc) is 2.37. The number of rotatable bonds is 0. The van der Waals surface area contributed by atoms with E-state index >= 15 is 0 Å². The third kappa shape index (κ3) is 49.1. The molecule has 1 rings (SSSR count). The van der Waals surface area contributed by atoms with Crippen LogP contribution in [0.2, 0.25) is 0 Å². The summed E-state index contributed by atoms with van der Waals surface area (Å²) in [6.45, 7) is 16.9. The van der Waals surface area contributed by atoms with Gasteiger partial charge in [0.15, 0.2) is 0 Å². The fourth-order valence-electron chi connectivity index (χ4n) is 1.31. The highest BCUT2D eigenvalue weighted by Gasteiger charge is 2.05. The topological polar surface area (TPSA) is 20.2 Å². The monoisotopic (exact) mass is 248 g/mol. The minimum Gasteiger partial charge on any atom is -0.400 e. The van der Waals surface area contributed by atoms with Crippen molar-refractivity contribution in [3.63, 3.8) is 0 Å². The van der Waals surface area contributed by atoms with E-state index in [-0.39, 0.29) is 0 Å². The Kier molecular flexibility index (Phi) is 45.0. The zero-order valence-electron chi connectivity index (χ0n) is 14.1. The summed E-state index contributed by atoms with van der Waals surface area (Å²) < 4.78 is 0. The lowest BCUT2D eigenvalue weighted by atomic mass is 9.91. The van der Waals surface area contributed by atoms with Crippen LogP contribution >= 0.6 is 0 Å². The second kappa shape index (κ2) is 29.7. The van der Waals surface area contributed by atoms with Gasteiger partial charge in [-0.2, -0.15) is 0 Å². The molecule has 1 nitrogen and oxygen atoms in total. The number of hydrogen-bond donors (Lipinski definition) is 1. The van der Waals surface area contributed by atoms with Gasteiger partial charge in [-0.25, -0.2) is 0 Å². The lowest BCUT2D eigenvalue weighted by Crippen LogP contribution is -1.99. The minimum atomic E-state index is 0.833. The van der Waals surface area contributed by atoms with E-state index < -0.39 is 0 Å².